The molecule has 0 aliphatic heterocycles. The number of fused-ring (bicyclic) bond motifs is 12. The van der Waals surface area contributed by atoms with Crippen LogP contribution in [-0.4, -0.2) is 18.3 Å². The molecule has 0 radical (unpaired) electrons. The Morgan fingerprint density at radius 2 is 0.677 bits per heavy atom. The molecular formula is C82H48F6N8. The van der Waals surface area contributed by atoms with Gasteiger partial charge in [-0.05, 0) is 165 Å². The van der Waals surface area contributed by atoms with Crippen molar-refractivity contribution in [2.75, 3.05) is 0 Å². The van der Waals surface area contributed by atoms with Gasteiger partial charge >= 0.3 is 12.4 Å². The molecule has 0 bridgehead atoms. The summed E-state index contributed by atoms with van der Waals surface area (Å²) in [7, 11) is 0. The smallest absolute Gasteiger partial charge is 0.308 e. The first-order chi connectivity index (χ1) is 46.5. The van der Waals surface area contributed by atoms with Crippen LogP contribution in [0.15, 0.2) is 224 Å². The average Bonchev–Trinajstić information content (AvgIpc) is 1.48. The van der Waals surface area contributed by atoms with Gasteiger partial charge in [-0.1, -0.05) is 115 Å². The molecule has 4 heterocycles. The van der Waals surface area contributed by atoms with Crippen LogP contribution in [0.4, 0.5) is 26.3 Å². The number of hydrogen-bond acceptors (Lipinski definition) is 4. The molecule has 458 valence electrons. The van der Waals surface area contributed by atoms with E-state index in [0.717, 1.165) is 83.0 Å². The van der Waals surface area contributed by atoms with Crippen molar-refractivity contribution in [1.29, 1.82) is 21.0 Å². The highest BCUT2D eigenvalue weighted by molar-refractivity contribution is 6.15. The van der Waals surface area contributed by atoms with E-state index in [9.17, 15) is 21.0 Å². The van der Waals surface area contributed by atoms with Gasteiger partial charge in [0.05, 0.1) is 125 Å². The van der Waals surface area contributed by atoms with Crippen molar-refractivity contribution in [3.05, 3.63) is 286 Å². The zero-order valence-corrected chi connectivity index (χ0v) is 51.4. The SMILES string of the molecule is Cc1ccc2c(c1)c1ccccc1n2-c1cc(C#N)cc(-n2c3ccccc3c3cc(Cc4cc5c6ccccc6n(-c6cc(C#N)cc(-n7c8ccccc8c8ccc(C)cc87)c6-c6c(C#N)cccc6C(F)(F)F)c5cc4C)ccc32)c1-c1c(C#N)cccc1C(F)(F)F. The Hall–Kier alpha value is -12.6. The summed E-state index contributed by atoms with van der Waals surface area (Å²) in [6, 6.07) is 74.9. The van der Waals surface area contributed by atoms with E-state index in [1.165, 1.54) is 24.3 Å². The molecule has 14 heteroatoms. The van der Waals surface area contributed by atoms with Gasteiger partial charge < -0.3 is 18.3 Å². The summed E-state index contributed by atoms with van der Waals surface area (Å²) in [5.41, 5.74) is 8.27. The van der Waals surface area contributed by atoms with Gasteiger partial charge in [0.1, 0.15) is 0 Å². The second kappa shape index (κ2) is 21.7. The van der Waals surface area contributed by atoms with E-state index in [1.54, 1.807) is 24.3 Å². The molecule has 4 aromatic heterocycles. The van der Waals surface area contributed by atoms with Crippen LogP contribution in [-0.2, 0) is 18.8 Å². The Labute approximate surface area is 544 Å². The lowest BCUT2D eigenvalue weighted by atomic mass is 9.90. The first-order valence-corrected chi connectivity index (χ1v) is 30.9. The van der Waals surface area contributed by atoms with E-state index in [0.29, 0.717) is 50.6 Å². The molecule has 96 heavy (non-hydrogen) atoms. The van der Waals surface area contributed by atoms with E-state index >= 15 is 26.3 Å². The van der Waals surface area contributed by atoms with Crippen molar-refractivity contribution >= 4 is 87.2 Å². The number of alkyl halides is 6. The summed E-state index contributed by atoms with van der Waals surface area (Å²) in [6.07, 6.45) is -9.45. The lowest BCUT2D eigenvalue weighted by molar-refractivity contribution is -0.137. The van der Waals surface area contributed by atoms with Gasteiger partial charge in [-0.2, -0.15) is 47.4 Å². The van der Waals surface area contributed by atoms with Crippen LogP contribution in [0.3, 0.4) is 0 Å². The van der Waals surface area contributed by atoms with Crippen LogP contribution < -0.4 is 0 Å². The molecule has 0 N–H and O–H groups in total. The van der Waals surface area contributed by atoms with Crippen LogP contribution in [0.5, 0.6) is 0 Å². The Morgan fingerprint density at radius 3 is 1.12 bits per heavy atom. The predicted molar refractivity (Wildman–Crippen MR) is 367 cm³/mol. The van der Waals surface area contributed by atoms with E-state index in [-0.39, 0.29) is 67.3 Å². The van der Waals surface area contributed by atoms with Gasteiger partial charge in [0, 0.05) is 65.3 Å². The maximum Gasteiger partial charge on any atom is 0.417 e. The van der Waals surface area contributed by atoms with E-state index in [1.807, 2.05) is 191 Å². The molecule has 0 saturated carbocycles. The molecule has 0 aliphatic carbocycles. The molecule has 0 aliphatic rings. The fourth-order valence-corrected chi connectivity index (χ4v) is 14.8. The van der Waals surface area contributed by atoms with Gasteiger partial charge in [0.15, 0.2) is 0 Å². The average molecular weight is 1260 g/mol. The fraction of sp³-hybridized carbons (Fsp3) is 0.0732. The third-order valence-corrected chi connectivity index (χ3v) is 18.8. The fourth-order valence-electron chi connectivity index (χ4n) is 14.8. The Bertz CT molecular complexity index is 6260. The third-order valence-electron chi connectivity index (χ3n) is 18.8. The zero-order valence-electron chi connectivity index (χ0n) is 51.4. The highest BCUT2D eigenvalue weighted by Crippen LogP contribution is 2.51. The summed E-state index contributed by atoms with van der Waals surface area (Å²) in [4.78, 5) is 0. The summed E-state index contributed by atoms with van der Waals surface area (Å²) < 4.78 is 103. The van der Waals surface area contributed by atoms with Gasteiger partial charge in [-0.3, -0.25) is 0 Å². The number of halogens is 6. The Morgan fingerprint density at radius 1 is 0.312 bits per heavy atom. The van der Waals surface area contributed by atoms with Crippen molar-refractivity contribution in [2.24, 2.45) is 0 Å². The molecule has 16 aromatic rings. The molecule has 0 spiro atoms. The molecule has 12 aromatic carbocycles. The largest absolute Gasteiger partial charge is 0.417 e. The van der Waals surface area contributed by atoms with E-state index < -0.39 is 23.5 Å². The second-order valence-corrected chi connectivity index (χ2v) is 24.5. The summed E-state index contributed by atoms with van der Waals surface area (Å²) in [6.45, 7) is 5.88. The van der Waals surface area contributed by atoms with Gasteiger partial charge in [0.2, 0.25) is 0 Å². The summed E-state index contributed by atoms with van der Waals surface area (Å²) in [5, 5.41) is 50.2. The second-order valence-electron chi connectivity index (χ2n) is 24.5. The number of aryl methyl sites for hydroxylation is 3. The number of nitriles is 4. The van der Waals surface area contributed by atoms with Crippen molar-refractivity contribution in [2.45, 2.75) is 39.5 Å². The first-order valence-electron chi connectivity index (χ1n) is 30.9. The van der Waals surface area contributed by atoms with Gasteiger partial charge in [0.25, 0.3) is 0 Å². The van der Waals surface area contributed by atoms with E-state index in [4.69, 9.17) is 0 Å². The standard InChI is InChI=1S/C82H48F6N8/c1-46-27-30-69-60(32-46)56-17-5-9-23-66(56)93(69)73-37-50(42-89)38-74(79(73)77-52(44-91)14-12-20-63(77)81(83,84)85)94-67-24-10-6-18-57(67)61-36-49(28-31-70(61)94)35-54-41-62-58-19-7-11-25-68(58)96(72(62)34-48(54)3)76-40-51(43-90)39-75(80(76)78-53(45-92)15-13-21-64(78)82(86,87)88)95-65-22-8-4-16-55(65)59-29-26-47(2)33-71(59)95/h4-34,36-41H,35H2,1-3H3. The van der Waals surface area contributed by atoms with Crippen molar-refractivity contribution in [3.8, 4) is 69.3 Å². The lowest BCUT2D eigenvalue weighted by Gasteiger charge is -2.24. The molecule has 0 unspecified atom stereocenters. The molecule has 0 saturated heterocycles. The van der Waals surface area contributed by atoms with Crippen LogP contribution >= 0.6 is 0 Å². The van der Waals surface area contributed by atoms with Gasteiger partial charge in [-0.15, -0.1) is 0 Å². The summed E-state index contributed by atoms with van der Waals surface area (Å²) >= 11 is 0. The van der Waals surface area contributed by atoms with Crippen molar-refractivity contribution < 1.29 is 26.3 Å². The quantitative estimate of drug-likeness (QED) is 0.141. The van der Waals surface area contributed by atoms with Crippen LogP contribution in [0.25, 0.3) is 132 Å². The van der Waals surface area contributed by atoms with Crippen molar-refractivity contribution in [1.82, 2.24) is 18.3 Å². The minimum atomic E-state index is -4.92. The minimum Gasteiger partial charge on any atom is -0.308 e. The molecule has 8 nitrogen and oxygen atoms in total. The van der Waals surface area contributed by atoms with Crippen LogP contribution in [0, 0.1) is 66.1 Å². The molecule has 0 amide bonds. The third kappa shape index (κ3) is 8.95. The number of nitrogens with zero attached hydrogens (tertiary/aromatic N) is 8. The highest BCUT2D eigenvalue weighted by Gasteiger charge is 2.39. The number of aromatic nitrogens is 4. The number of rotatable bonds is 8. The maximum atomic E-state index is 15.8. The Balaban J connectivity index is 0.920. The lowest BCUT2D eigenvalue weighted by Crippen LogP contribution is -2.12. The normalized spacial score (nSPS) is 12.0. The monoisotopic (exact) mass is 1260 g/mol. The highest BCUT2D eigenvalue weighted by atomic mass is 19.4. The van der Waals surface area contributed by atoms with Gasteiger partial charge in [-0.25, -0.2) is 0 Å². The van der Waals surface area contributed by atoms with Crippen LogP contribution in [0.2, 0.25) is 0 Å². The minimum absolute atomic E-state index is 0.0936. The zero-order chi connectivity index (χ0) is 66.2. The molecule has 16 rings (SSSR count). The molecule has 0 fully saturated rings. The van der Waals surface area contributed by atoms with E-state index in [2.05, 4.69) is 36.4 Å². The first kappa shape index (κ1) is 58.5. The predicted octanol–water partition coefficient (Wildman–Crippen LogP) is 21.4. The summed E-state index contributed by atoms with van der Waals surface area (Å²) in [5.74, 6) is 0. The number of benzene rings is 12. The van der Waals surface area contributed by atoms with Crippen molar-refractivity contribution in [3.63, 3.8) is 0 Å². The number of para-hydroxylation sites is 4. The maximum absolute atomic E-state index is 15.8. The van der Waals surface area contributed by atoms with Crippen LogP contribution in [0.1, 0.15) is 61.2 Å². The number of hydrogen-bond donors (Lipinski definition) is 0. The molecular weight excluding hydrogens is 1210 g/mol. The molecule has 0 atom stereocenters. The topological polar surface area (TPSA) is 115 Å². The Kier molecular flexibility index (Phi) is 13.2.